The van der Waals surface area contributed by atoms with Gasteiger partial charge in [0.05, 0.1) is 5.56 Å². The number of amides is 1. The van der Waals surface area contributed by atoms with E-state index in [4.69, 9.17) is 0 Å². The second-order valence-corrected chi connectivity index (χ2v) is 5.61. The number of alkyl halides is 3. The summed E-state index contributed by atoms with van der Waals surface area (Å²) < 4.78 is 38.2. The molecule has 0 aromatic heterocycles. The molecule has 2 rings (SSSR count). The van der Waals surface area contributed by atoms with E-state index in [-0.39, 0.29) is 11.3 Å². The molecular formula is C19H16F3N3O. The smallest absolute Gasteiger partial charge is 0.360 e. The van der Waals surface area contributed by atoms with E-state index in [0.717, 1.165) is 28.9 Å². The van der Waals surface area contributed by atoms with Crippen LogP contribution in [0, 0.1) is 25.2 Å². The molecule has 0 bridgehead atoms. The molecule has 1 amide bonds. The van der Waals surface area contributed by atoms with Crippen molar-refractivity contribution in [3.63, 3.8) is 0 Å². The van der Waals surface area contributed by atoms with Crippen molar-refractivity contribution in [1.82, 2.24) is 0 Å². The second kappa shape index (κ2) is 7.74. The second-order valence-electron chi connectivity index (χ2n) is 5.61. The Morgan fingerprint density at radius 2 is 1.73 bits per heavy atom. The Hall–Kier alpha value is -3.27. The number of nitrogens with zero attached hydrogens (tertiary/aromatic N) is 1. The number of hydrogen-bond acceptors (Lipinski definition) is 3. The molecule has 7 heteroatoms. The molecule has 0 spiro atoms. The standard InChI is InChI=1S/C19H16F3N3O/c1-12-5-3-6-13(2)17(12)24-11-14(10-23)18(26)25-16-8-4-7-15(9-16)19(20,21)22/h3-9,11,24H,1-2H3,(H,25,26)/b14-11-. The Kier molecular flexibility index (Phi) is 5.68. The number of nitrogens with one attached hydrogen (secondary N) is 2. The molecular weight excluding hydrogens is 343 g/mol. The normalized spacial score (nSPS) is 11.6. The molecule has 0 heterocycles. The van der Waals surface area contributed by atoms with Crippen LogP contribution in [0.5, 0.6) is 0 Å². The Balaban J connectivity index is 2.18. The van der Waals surface area contributed by atoms with Crippen molar-refractivity contribution in [2.45, 2.75) is 20.0 Å². The number of anilines is 2. The number of halogens is 3. The molecule has 2 N–H and O–H groups in total. The highest BCUT2D eigenvalue weighted by molar-refractivity contribution is 6.06. The van der Waals surface area contributed by atoms with Crippen LogP contribution in [0.1, 0.15) is 16.7 Å². The van der Waals surface area contributed by atoms with Crippen molar-refractivity contribution in [2.24, 2.45) is 0 Å². The van der Waals surface area contributed by atoms with E-state index in [0.29, 0.717) is 0 Å². The SMILES string of the molecule is Cc1cccc(C)c1N/C=C(/C#N)C(=O)Nc1cccc(C(F)(F)F)c1. The fourth-order valence-corrected chi connectivity index (χ4v) is 2.31. The number of para-hydroxylation sites is 1. The van der Waals surface area contributed by atoms with Crippen molar-refractivity contribution in [3.8, 4) is 6.07 Å². The molecule has 0 atom stereocenters. The zero-order valence-corrected chi connectivity index (χ0v) is 14.1. The number of rotatable bonds is 4. The zero-order chi connectivity index (χ0) is 19.3. The monoisotopic (exact) mass is 359 g/mol. The van der Waals surface area contributed by atoms with E-state index < -0.39 is 17.6 Å². The summed E-state index contributed by atoms with van der Waals surface area (Å²) in [6.45, 7) is 3.75. The first-order valence-electron chi connectivity index (χ1n) is 7.64. The summed E-state index contributed by atoms with van der Waals surface area (Å²) in [5.41, 5.74) is 1.43. The molecule has 26 heavy (non-hydrogen) atoms. The Morgan fingerprint density at radius 3 is 2.31 bits per heavy atom. The minimum Gasteiger partial charge on any atom is -0.360 e. The average Bonchev–Trinajstić information content (AvgIpc) is 2.57. The first kappa shape index (κ1) is 19.1. The van der Waals surface area contributed by atoms with Gasteiger partial charge in [-0.05, 0) is 43.2 Å². The molecule has 2 aromatic carbocycles. The van der Waals surface area contributed by atoms with Gasteiger partial charge in [0.25, 0.3) is 5.91 Å². The van der Waals surface area contributed by atoms with Crippen molar-refractivity contribution in [3.05, 3.63) is 70.9 Å². The van der Waals surface area contributed by atoms with E-state index >= 15 is 0 Å². The molecule has 0 radical (unpaired) electrons. The van der Waals surface area contributed by atoms with Gasteiger partial charge in [0.1, 0.15) is 11.6 Å². The maximum absolute atomic E-state index is 12.7. The topological polar surface area (TPSA) is 64.9 Å². The lowest BCUT2D eigenvalue weighted by Crippen LogP contribution is -2.15. The number of carbonyl (C=O) groups excluding carboxylic acids is 1. The highest BCUT2D eigenvalue weighted by Gasteiger charge is 2.30. The van der Waals surface area contributed by atoms with Gasteiger partial charge < -0.3 is 10.6 Å². The Morgan fingerprint density at radius 1 is 1.12 bits per heavy atom. The molecule has 0 saturated carbocycles. The van der Waals surface area contributed by atoms with E-state index in [2.05, 4.69) is 10.6 Å². The fourth-order valence-electron chi connectivity index (χ4n) is 2.31. The Bertz CT molecular complexity index is 875. The van der Waals surface area contributed by atoms with Crippen molar-refractivity contribution in [1.29, 1.82) is 5.26 Å². The minimum atomic E-state index is -4.52. The first-order valence-corrected chi connectivity index (χ1v) is 7.64. The summed E-state index contributed by atoms with van der Waals surface area (Å²) >= 11 is 0. The van der Waals surface area contributed by atoms with E-state index in [1.165, 1.54) is 18.3 Å². The predicted octanol–water partition coefficient (Wildman–Crippen LogP) is 4.78. The summed E-state index contributed by atoms with van der Waals surface area (Å²) in [6, 6.07) is 11.6. The molecule has 2 aromatic rings. The third-order valence-electron chi connectivity index (χ3n) is 3.65. The van der Waals surface area contributed by atoms with Crippen LogP contribution in [0.25, 0.3) is 0 Å². The minimum absolute atomic E-state index is 0.0435. The lowest BCUT2D eigenvalue weighted by Gasteiger charge is -2.11. The summed E-state index contributed by atoms with van der Waals surface area (Å²) in [6.07, 6.45) is -3.28. The third-order valence-corrected chi connectivity index (χ3v) is 3.65. The lowest BCUT2D eigenvalue weighted by atomic mass is 10.1. The highest BCUT2D eigenvalue weighted by Crippen LogP contribution is 2.30. The number of carbonyl (C=O) groups is 1. The van der Waals surface area contributed by atoms with Crippen LogP contribution in [-0.2, 0) is 11.0 Å². The maximum Gasteiger partial charge on any atom is 0.416 e. The van der Waals surface area contributed by atoms with Gasteiger partial charge >= 0.3 is 6.18 Å². The van der Waals surface area contributed by atoms with Gasteiger partial charge in [-0.2, -0.15) is 18.4 Å². The van der Waals surface area contributed by atoms with E-state index in [1.807, 2.05) is 32.0 Å². The van der Waals surface area contributed by atoms with Gasteiger partial charge in [-0.25, -0.2) is 0 Å². The van der Waals surface area contributed by atoms with Crippen molar-refractivity contribution >= 4 is 17.3 Å². The molecule has 134 valence electrons. The fraction of sp³-hybridized carbons (Fsp3) is 0.158. The Labute approximate surface area is 149 Å². The van der Waals surface area contributed by atoms with Crippen LogP contribution >= 0.6 is 0 Å². The molecule has 4 nitrogen and oxygen atoms in total. The largest absolute Gasteiger partial charge is 0.416 e. The van der Waals surface area contributed by atoms with Gasteiger partial charge in [0.15, 0.2) is 0 Å². The average molecular weight is 359 g/mol. The van der Waals surface area contributed by atoms with Crippen LogP contribution in [0.3, 0.4) is 0 Å². The summed E-state index contributed by atoms with van der Waals surface area (Å²) in [5.74, 6) is -0.800. The number of benzene rings is 2. The zero-order valence-electron chi connectivity index (χ0n) is 14.1. The predicted molar refractivity (Wildman–Crippen MR) is 93.3 cm³/mol. The first-order chi connectivity index (χ1) is 12.2. The summed E-state index contributed by atoms with van der Waals surface area (Å²) in [5, 5.41) is 14.4. The van der Waals surface area contributed by atoms with Crippen molar-refractivity contribution < 1.29 is 18.0 Å². The lowest BCUT2D eigenvalue weighted by molar-refractivity contribution is -0.137. The summed E-state index contributed by atoms with van der Waals surface area (Å²) in [7, 11) is 0. The van der Waals surface area contributed by atoms with Gasteiger partial charge in [0, 0.05) is 17.6 Å². The number of nitriles is 1. The van der Waals surface area contributed by atoms with Crippen LogP contribution in [-0.4, -0.2) is 5.91 Å². The van der Waals surface area contributed by atoms with Gasteiger partial charge in [-0.1, -0.05) is 24.3 Å². The van der Waals surface area contributed by atoms with Gasteiger partial charge in [0.2, 0.25) is 0 Å². The van der Waals surface area contributed by atoms with Gasteiger partial charge in [-0.15, -0.1) is 0 Å². The number of hydrogen-bond donors (Lipinski definition) is 2. The molecule has 0 saturated heterocycles. The molecule has 0 fully saturated rings. The van der Waals surface area contributed by atoms with Crippen LogP contribution in [0.4, 0.5) is 24.5 Å². The number of aryl methyl sites for hydroxylation is 2. The van der Waals surface area contributed by atoms with Crippen LogP contribution in [0.2, 0.25) is 0 Å². The molecule has 0 aliphatic heterocycles. The third kappa shape index (κ3) is 4.63. The molecule has 0 aliphatic carbocycles. The molecule has 0 unspecified atom stereocenters. The maximum atomic E-state index is 12.7. The van der Waals surface area contributed by atoms with Crippen LogP contribution < -0.4 is 10.6 Å². The van der Waals surface area contributed by atoms with Crippen LogP contribution in [0.15, 0.2) is 54.2 Å². The van der Waals surface area contributed by atoms with Crippen molar-refractivity contribution in [2.75, 3.05) is 10.6 Å². The highest BCUT2D eigenvalue weighted by atomic mass is 19.4. The van der Waals surface area contributed by atoms with E-state index in [1.54, 1.807) is 6.07 Å². The van der Waals surface area contributed by atoms with Gasteiger partial charge in [-0.3, -0.25) is 4.79 Å². The summed E-state index contributed by atoms with van der Waals surface area (Å²) in [4.78, 5) is 12.2. The quantitative estimate of drug-likeness (QED) is 0.610. The molecule has 0 aliphatic rings. The van der Waals surface area contributed by atoms with E-state index in [9.17, 15) is 23.2 Å².